The van der Waals surface area contributed by atoms with Gasteiger partial charge in [-0.3, -0.25) is 0 Å². The first kappa shape index (κ1) is 28.7. The molecule has 4 saturated carbocycles. The lowest BCUT2D eigenvalue weighted by Crippen LogP contribution is -2.46. The first-order chi connectivity index (χ1) is 17.2. The van der Waals surface area contributed by atoms with Crippen LogP contribution < -0.4 is 0 Å². The summed E-state index contributed by atoms with van der Waals surface area (Å²) in [5.41, 5.74) is 0. The molecule has 4 aliphatic rings. The van der Waals surface area contributed by atoms with Gasteiger partial charge in [0.15, 0.2) is 6.17 Å². The van der Waals surface area contributed by atoms with Gasteiger partial charge in [-0.2, -0.15) is 0 Å². The fourth-order valence-electron chi connectivity index (χ4n) is 8.67. The van der Waals surface area contributed by atoms with Crippen LogP contribution in [-0.2, 0) is 4.74 Å². The molecule has 0 aromatic rings. The maximum Gasteiger partial charge on any atom is 0.245 e. The van der Waals surface area contributed by atoms with E-state index in [1.807, 2.05) is 0 Å². The van der Waals surface area contributed by atoms with Gasteiger partial charge in [0.2, 0.25) is 5.92 Å². The molecule has 0 N–H and O–H groups in total. The molecule has 0 saturated heterocycles. The second-order valence-corrected chi connectivity index (χ2v) is 13.3. The van der Waals surface area contributed by atoms with Crippen LogP contribution in [0.25, 0.3) is 0 Å². The summed E-state index contributed by atoms with van der Waals surface area (Å²) in [5, 5.41) is 0. The number of rotatable bonds is 9. The van der Waals surface area contributed by atoms with Crippen LogP contribution in [0.4, 0.5) is 17.6 Å². The van der Waals surface area contributed by atoms with Crippen molar-refractivity contribution >= 4 is 0 Å². The Morgan fingerprint density at radius 2 is 1.11 bits per heavy atom. The highest BCUT2D eigenvalue weighted by atomic mass is 19.3. The summed E-state index contributed by atoms with van der Waals surface area (Å²) in [5.74, 6) is 1.03. The lowest BCUT2D eigenvalue weighted by molar-refractivity contribution is -0.0886. The molecule has 4 atom stereocenters. The van der Waals surface area contributed by atoms with Crippen LogP contribution in [0.15, 0.2) is 0 Å². The van der Waals surface area contributed by atoms with Gasteiger partial charge in [0.1, 0.15) is 6.17 Å². The lowest BCUT2D eigenvalue weighted by Gasteiger charge is -2.44. The van der Waals surface area contributed by atoms with Crippen LogP contribution in [0.3, 0.4) is 0 Å². The quantitative estimate of drug-likeness (QED) is 0.219. The molecule has 4 rings (SSSR count). The third-order valence-electron chi connectivity index (χ3n) is 10.8. The van der Waals surface area contributed by atoms with Crippen molar-refractivity contribution in [3.63, 3.8) is 0 Å². The van der Waals surface area contributed by atoms with E-state index in [9.17, 15) is 13.2 Å². The van der Waals surface area contributed by atoms with Crippen molar-refractivity contribution < 1.29 is 22.3 Å². The molecule has 4 aliphatic carbocycles. The van der Waals surface area contributed by atoms with Crippen LogP contribution >= 0.6 is 0 Å². The monoisotopic (exact) mass is 516 g/mol. The number of unbranched alkanes of at least 4 members (excludes halogenated alkanes) is 1. The molecule has 0 heterocycles. The van der Waals surface area contributed by atoms with Crippen LogP contribution in [0, 0.1) is 41.4 Å². The topological polar surface area (TPSA) is 9.23 Å². The third kappa shape index (κ3) is 7.63. The van der Waals surface area contributed by atoms with Crippen LogP contribution in [0.2, 0.25) is 0 Å². The van der Waals surface area contributed by atoms with E-state index in [4.69, 9.17) is 4.74 Å². The maximum atomic E-state index is 15.1. The Morgan fingerprint density at radius 3 is 1.58 bits per heavy atom. The average molecular weight is 517 g/mol. The number of halogens is 4. The highest BCUT2D eigenvalue weighted by molar-refractivity contribution is 4.94. The molecule has 0 amide bonds. The molecule has 0 aromatic heterocycles. The average Bonchev–Trinajstić information content (AvgIpc) is 2.87. The van der Waals surface area contributed by atoms with Gasteiger partial charge < -0.3 is 4.74 Å². The van der Waals surface area contributed by atoms with Crippen LogP contribution in [0.1, 0.15) is 123 Å². The van der Waals surface area contributed by atoms with Gasteiger partial charge in [-0.25, -0.2) is 17.6 Å². The molecular formula is C31H52F4O. The highest BCUT2D eigenvalue weighted by Gasteiger charge is 2.45. The van der Waals surface area contributed by atoms with E-state index in [0.717, 1.165) is 88.4 Å². The molecule has 0 radical (unpaired) electrons. The molecule has 0 bridgehead atoms. The molecule has 5 heteroatoms. The second kappa shape index (κ2) is 13.2. The Kier molecular flexibility index (Phi) is 10.5. The predicted octanol–water partition coefficient (Wildman–Crippen LogP) is 9.72. The van der Waals surface area contributed by atoms with Crippen molar-refractivity contribution in [1.29, 1.82) is 0 Å². The molecule has 210 valence electrons. The SMILES string of the molecule is CCCCOC1CCC(C2CCC(C3CCC(C4CCC(CC(C)(F)F)CC4)CC3)CC2)C(F)C1F. The van der Waals surface area contributed by atoms with E-state index in [2.05, 4.69) is 6.92 Å². The third-order valence-corrected chi connectivity index (χ3v) is 10.8. The van der Waals surface area contributed by atoms with Crippen LogP contribution in [0.5, 0.6) is 0 Å². The fourth-order valence-corrected chi connectivity index (χ4v) is 8.67. The minimum Gasteiger partial charge on any atom is -0.375 e. The zero-order valence-electron chi connectivity index (χ0n) is 22.9. The van der Waals surface area contributed by atoms with Crippen molar-refractivity contribution in [2.24, 2.45) is 41.4 Å². The van der Waals surface area contributed by atoms with Crippen molar-refractivity contribution in [3.8, 4) is 0 Å². The second-order valence-electron chi connectivity index (χ2n) is 13.3. The molecular weight excluding hydrogens is 464 g/mol. The summed E-state index contributed by atoms with van der Waals surface area (Å²) in [7, 11) is 0. The first-order valence-electron chi connectivity index (χ1n) is 15.5. The Labute approximate surface area is 217 Å². The summed E-state index contributed by atoms with van der Waals surface area (Å²) in [6, 6.07) is 0. The molecule has 36 heavy (non-hydrogen) atoms. The summed E-state index contributed by atoms with van der Waals surface area (Å²) < 4.78 is 62.3. The summed E-state index contributed by atoms with van der Waals surface area (Å²) in [6.07, 6.45) is 14.1. The van der Waals surface area contributed by atoms with Gasteiger partial charge in [0.05, 0.1) is 6.10 Å². The van der Waals surface area contributed by atoms with E-state index in [-0.39, 0.29) is 18.3 Å². The first-order valence-corrected chi connectivity index (χ1v) is 15.5. The summed E-state index contributed by atoms with van der Waals surface area (Å²) >= 11 is 0. The number of alkyl halides is 4. The number of hydrogen-bond donors (Lipinski definition) is 0. The van der Waals surface area contributed by atoms with E-state index >= 15 is 4.39 Å². The Balaban J connectivity index is 1.15. The number of hydrogen-bond acceptors (Lipinski definition) is 1. The standard InChI is InChI=1S/C31H52F4O/c1-3-4-19-36-28-18-17-27(29(32)30(28)33)26-15-13-25(14-16-26)24-11-9-23(10-12-24)22-7-5-21(6-8-22)20-31(2,34)35/h21-30H,3-20H2,1-2H3. The molecule has 0 aromatic carbocycles. The minimum atomic E-state index is -2.52. The van der Waals surface area contributed by atoms with Gasteiger partial charge >= 0.3 is 0 Å². The molecule has 0 aliphatic heterocycles. The molecule has 4 unspecified atom stereocenters. The van der Waals surface area contributed by atoms with Crippen LogP contribution in [-0.4, -0.2) is 31.0 Å². The van der Waals surface area contributed by atoms with Crippen molar-refractivity contribution in [2.75, 3.05) is 6.61 Å². The van der Waals surface area contributed by atoms with E-state index in [1.54, 1.807) is 0 Å². The molecule has 0 spiro atoms. The van der Waals surface area contributed by atoms with Gasteiger partial charge in [0, 0.05) is 13.0 Å². The normalized spacial score (nSPS) is 42.8. The van der Waals surface area contributed by atoms with E-state index in [1.165, 1.54) is 38.5 Å². The van der Waals surface area contributed by atoms with Crippen molar-refractivity contribution in [1.82, 2.24) is 0 Å². The summed E-state index contributed by atoms with van der Waals surface area (Å²) in [4.78, 5) is 0. The Morgan fingerprint density at radius 1 is 0.639 bits per heavy atom. The Bertz CT molecular complexity index is 627. The smallest absolute Gasteiger partial charge is 0.245 e. The van der Waals surface area contributed by atoms with Gasteiger partial charge in [0.25, 0.3) is 0 Å². The number of ether oxygens (including phenoxy) is 1. The van der Waals surface area contributed by atoms with E-state index < -0.39 is 24.4 Å². The molecule has 4 fully saturated rings. The van der Waals surface area contributed by atoms with Crippen molar-refractivity contribution in [2.45, 2.75) is 147 Å². The molecule has 1 nitrogen and oxygen atoms in total. The van der Waals surface area contributed by atoms with Gasteiger partial charge in [-0.1, -0.05) is 13.3 Å². The van der Waals surface area contributed by atoms with Gasteiger partial charge in [-0.15, -0.1) is 0 Å². The van der Waals surface area contributed by atoms with Gasteiger partial charge in [-0.05, 0) is 145 Å². The largest absolute Gasteiger partial charge is 0.375 e. The van der Waals surface area contributed by atoms with Crippen molar-refractivity contribution in [3.05, 3.63) is 0 Å². The maximum absolute atomic E-state index is 15.1. The minimum absolute atomic E-state index is 0.0679. The predicted molar refractivity (Wildman–Crippen MR) is 139 cm³/mol. The highest BCUT2D eigenvalue weighted by Crippen LogP contribution is 2.49. The zero-order valence-corrected chi connectivity index (χ0v) is 22.9. The fraction of sp³-hybridized carbons (Fsp3) is 1.00. The lowest BCUT2D eigenvalue weighted by atomic mass is 9.63. The summed E-state index contributed by atoms with van der Waals surface area (Å²) in [6.45, 7) is 3.70. The van der Waals surface area contributed by atoms with E-state index in [0.29, 0.717) is 18.9 Å². The Hall–Kier alpha value is -0.320. The zero-order chi connectivity index (χ0) is 25.7.